The summed E-state index contributed by atoms with van der Waals surface area (Å²) in [6.45, 7) is 3.93. The third-order valence-corrected chi connectivity index (χ3v) is 8.24. The third-order valence-electron chi connectivity index (χ3n) is 6.76. The Bertz CT molecular complexity index is 1150. The normalized spacial score (nSPS) is 21.9. The molecule has 2 aromatic heterocycles. The van der Waals surface area contributed by atoms with Crippen molar-refractivity contribution in [3.05, 3.63) is 70.3 Å². The quantitative estimate of drug-likeness (QED) is 0.556. The van der Waals surface area contributed by atoms with Gasteiger partial charge >= 0.3 is 0 Å². The minimum absolute atomic E-state index is 0.0567. The molecule has 3 aromatic rings. The van der Waals surface area contributed by atoms with Crippen molar-refractivity contribution in [2.75, 3.05) is 18.8 Å². The summed E-state index contributed by atoms with van der Waals surface area (Å²) in [5, 5.41) is 4.68. The molecule has 1 unspecified atom stereocenters. The van der Waals surface area contributed by atoms with Crippen molar-refractivity contribution >= 4 is 29.2 Å². The predicted molar refractivity (Wildman–Crippen MR) is 124 cm³/mol. The molecule has 31 heavy (non-hydrogen) atoms. The molecular weight excluding hydrogens is 428 g/mol. The first-order valence-electron chi connectivity index (χ1n) is 10.4. The van der Waals surface area contributed by atoms with Crippen LogP contribution in [0, 0.1) is 12.3 Å². The number of halogens is 1. The van der Waals surface area contributed by atoms with E-state index < -0.39 is 5.54 Å². The van der Waals surface area contributed by atoms with Gasteiger partial charge < -0.3 is 16.8 Å². The van der Waals surface area contributed by atoms with Gasteiger partial charge in [-0.15, -0.1) is 0 Å². The largest absolute Gasteiger partial charge is 0.382 e. The first-order valence-corrected chi connectivity index (χ1v) is 11.6. The number of nitrogen functional groups attached to an aromatic ring is 1. The molecule has 0 amide bonds. The Labute approximate surface area is 191 Å². The Morgan fingerprint density at radius 1 is 1.13 bits per heavy atom. The highest BCUT2D eigenvalue weighted by Crippen LogP contribution is 2.56. The molecule has 6 nitrogen and oxygen atoms in total. The molecule has 1 aliphatic heterocycles. The van der Waals surface area contributed by atoms with Crippen LogP contribution in [0.25, 0.3) is 0 Å². The molecule has 1 aromatic carbocycles. The summed E-state index contributed by atoms with van der Waals surface area (Å²) >= 11 is 7.74. The molecule has 1 fully saturated rings. The number of nitrogens with two attached hydrogens (primary N) is 2. The van der Waals surface area contributed by atoms with Gasteiger partial charge in [0.05, 0.1) is 28.1 Å². The highest BCUT2D eigenvalue weighted by Gasteiger charge is 2.57. The van der Waals surface area contributed by atoms with Gasteiger partial charge in [0, 0.05) is 16.5 Å². The number of hydrogen-bond acceptors (Lipinski definition) is 7. The van der Waals surface area contributed by atoms with E-state index in [1.807, 2.05) is 13.0 Å². The van der Waals surface area contributed by atoms with Crippen LogP contribution >= 0.6 is 23.4 Å². The van der Waals surface area contributed by atoms with Crippen LogP contribution in [0.4, 0.5) is 5.82 Å². The number of piperidine rings is 1. The van der Waals surface area contributed by atoms with Crippen LogP contribution < -0.4 is 16.8 Å². The Balaban J connectivity index is 1.57. The highest BCUT2D eigenvalue weighted by molar-refractivity contribution is 7.99. The summed E-state index contributed by atoms with van der Waals surface area (Å²) in [6.07, 6.45) is 6.45. The molecule has 1 aliphatic carbocycles. The second-order valence-electron chi connectivity index (χ2n) is 8.42. The number of pyridine rings is 1. The molecule has 0 saturated carbocycles. The lowest BCUT2D eigenvalue weighted by atomic mass is 9.63. The Hall–Kier alpha value is -2.19. The van der Waals surface area contributed by atoms with Gasteiger partial charge in [0.15, 0.2) is 0 Å². The van der Waals surface area contributed by atoms with E-state index in [4.69, 9.17) is 33.0 Å². The van der Waals surface area contributed by atoms with E-state index in [9.17, 15) is 0 Å². The molecule has 0 bridgehead atoms. The lowest BCUT2D eigenvalue weighted by Crippen LogP contribution is -2.56. The van der Waals surface area contributed by atoms with Crippen molar-refractivity contribution in [1.29, 1.82) is 0 Å². The Kier molecular flexibility index (Phi) is 5.17. The Morgan fingerprint density at radius 2 is 1.90 bits per heavy atom. The summed E-state index contributed by atoms with van der Waals surface area (Å²) in [7, 11) is 0. The van der Waals surface area contributed by atoms with Crippen LogP contribution in [0.3, 0.4) is 0 Å². The highest BCUT2D eigenvalue weighted by atomic mass is 35.5. The smallest absolute Gasteiger partial charge is 0.143 e. The zero-order valence-electron chi connectivity index (χ0n) is 17.4. The predicted octanol–water partition coefficient (Wildman–Crippen LogP) is 3.70. The van der Waals surface area contributed by atoms with Crippen molar-refractivity contribution in [2.45, 2.75) is 41.6 Å². The van der Waals surface area contributed by atoms with Crippen molar-refractivity contribution < 1.29 is 0 Å². The number of fused-ring (bicyclic) bond motifs is 1. The second-order valence-corrected chi connectivity index (χ2v) is 9.87. The van der Waals surface area contributed by atoms with Crippen LogP contribution in [0.5, 0.6) is 0 Å². The fraction of sp³-hybridized carbons (Fsp3) is 0.348. The van der Waals surface area contributed by atoms with Crippen LogP contribution in [0.15, 0.2) is 52.6 Å². The van der Waals surface area contributed by atoms with Gasteiger partial charge in [-0.05, 0) is 56.5 Å². The van der Waals surface area contributed by atoms with Crippen LogP contribution in [-0.2, 0) is 12.0 Å². The lowest BCUT2D eigenvalue weighted by molar-refractivity contribution is 0.116. The molecule has 3 heterocycles. The second kappa shape index (κ2) is 7.74. The minimum atomic E-state index is -0.662. The van der Waals surface area contributed by atoms with Crippen LogP contribution in [-0.4, -0.2) is 28.0 Å². The summed E-state index contributed by atoms with van der Waals surface area (Å²) in [5.41, 5.74) is 16.7. The van der Waals surface area contributed by atoms with E-state index in [0.29, 0.717) is 10.8 Å². The molecule has 1 spiro atoms. The van der Waals surface area contributed by atoms with Gasteiger partial charge in [0.1, 0.15) is 10.8 Å². The first kappa shape index (κ1) is 20.7. The van der Waals surface area contributed by atoms with Crippen molar-refractivity contribution in [1.82, 2.24) is 20.3 Å². The van der Waals surface area contributed by atoms with Crippen LogP contribution in [0.2, 0.25) is 5.02 Å². The number of nitrogens with one attached hydrogen (secondary N) is 1. The molecule has 1 saturated heterocycles. The van der Waals surface area contributed by atoms with E-state index >= 15 is 0 Å². The van der Waals surface area contributed by atoms with Crippen molar-refractivity contribution in [3.8, 4) is 0 Å². The number of nitrogens with zero attached hydrogens (tertiary/aromatic N) is 3. The molecule has 2 aliphatic rings. The van der Waals surface area contributed by atoms with Gasteiger partial charge in [-0.25, -0.2) is 9.97 Å². The number of benzene rings is 1. The van der Waals surface area contributed by atoms with E-state index in [-0.39, 0.29) is 5.41 Å². The topological polar surface area (TPSA) is 103 Å². The van der Waals surface area contributed by atoms with E-state index in [1.165, 1.54) is 22.9 Å². The molecule has 5 rings (SSSR count). The summed E-state index contributed by atoms with van der Waals surface area (Å²) in [5.74, 6) is 0.310. The van der Waals surface area contributed by atoms with Crippen molar-refractivity contribution in [3.63, 3.8) is 0 Å². The van der Waals surface area contributed by atoms with Gasteiger partial charge in [0.25, 0.3) is 0 Å². The summed E-state index contributed by atoms with van der Waals surface area (Å²) in [4.78, 5) is 14.6. The first-order chi connectivity index (χ1) is 14.9. The number of rotatable bonds is 3. The molecule has 160 valence electrons. The minimum Gasteiger partial charge on any atom is -0.382 e. The average Bonchev–Trinajstić information content (AvgIpc) is 3.00. The maximum absolute atomic E-state index is 7.37. The van der Waals surface area contributed by atoms with Gasteiger partial charge in [-0.1, -0.05) is 47.6 Å². The number of aromatic nitrogens is 3. The molecule has 8 heteroatoms. The molecular formula is C23H25ClN6S. The van der Waals surface area contributed by atoms with E-state index in [2.05, 4.69) is 34.6 Å². The Morgan fingerprint density at radius 3 is 2.68 bits per heavy atom. The van der Waals surface area contributed by atoms with Gasteiger partial charge in [0.2, 0.25) is 0 Å². The molecule has 0 radical (unpaired) electrons. The standard InChI is InChI=1S/C23H25ClN6S/c1-14-20(29-13-18(30-14)31-17-6-9-28-21(25)19(17)24)23(26)16-5-3-2-4-15(16)12-22(23)7-10-27-11-8-22/h2-6,9,13,27H,7-8,10-12,26H2,1H3,(H2,25,28). The zero-order valence-corrected chi connectivity index (χ0v) is 18.9. The molecule has 5 N–H and O–H groups in total. The van der Waals surface area contributed by atoms with Gasteiger partial charge in [-0.3, -0.25) is 4.98 Å². The maximum Gasteiger partial charge on any atom is 0.143 e. The number of anilines is 1. The third kappa shape index (κ3) is 3.22. The average molecular weight is 453 g/mol. The summed E-state index contributed by atoms with van der Waals surface area (Å²) in [6, 6.07) is 10.4. The molecule has 1 atom stereocenters. The summed E-state index contributed by atoms with van der Waals surface area (Å²) < 4.78 is 0. The van der Waals surface area contributed by atoms with Crippen molar-refractivity contribution in [2.24, 2.45) is 11.1 Å². The fourth-order valence-corrected chi connectivity index (χ4v) is 6.30. The number of hydrogen-bond donors (Lipinski definition) is 3. The van der Waals surface area contributed by atoms with E-state index in [1.54, 1.807) is 12.4 Å². The maximum atomic E-state index is 7.37. The lowest BCUT2D eigenvalue weighted by Gasteiger charge is -2.46. The fourth-order valence-electron chi connectivity index (χ4n) is 5.23. The SMILES string of the molecule is Cc1nc(Sc2ccnc(N)c2Cl)cnc1C1(N)c2ccccc2CC12CCNCC2. The van der Waals surface area contributed by atoms with Gasteiger partial charge in [-0.2, -0.15) is 0 Å². The van der Waals surface area contributed by atoms with E-state index in [0.717, 1.165) is 53.7 Å². The van der Waals surface area contributed by atoms with Crippen LogP contribution in [0.1, 0.15) is 35.4 Å². The number of aryl methyl sites for hydroxylation is 1. The monoisotopic (exact) mass is 452 g/mol. The zero-order chi connectivity index (χ0) is 21.6.